The van der Waals surface area contributed by atoms with Crippen molar-refractivity contribution in [1.82, 2.24) is 0 Å². The Kier molecular flexibility index (Phi) is 10.2. The van der Waals surface area contributed by atoms with Gasteiger partial charge in [-0.25, -0.2) is 0 Å². The maximum Gasteiger partial charge on any atom is 0.199 e. The molecule has 10 unspecified atom stereocenters. The first-order chi connectivity index (χ1) is 26.1. The van der Waals surface area contributed by atoms with Gasteiger partial charge < -0.3 is 39.4 Å². The standard InChI is InChI=1S/C28H38O4.C18H24O4/c1-28-15-14-22-21-11-9-20(31-26-6-2-4-16-29-26)18-19(21)8-10-23(22)24(28)12-13-25(28)32-27-7-3-5-17-30-27;1-18-7-6-12-11-5-3-10(19)8-9(11)2-4-13(12)14(18)15(20)16(21)17(18)22/h9,11-13,18,22-27H,2-8,10,14-17H2,1H3;3,5,8,12-17,19-22H,2,4,6-7H2,1H3/t22?,23?,24?,25-,26?,27?,28-;12?,13?,14?,15?,16?,17-,18-/m00/s1. The number of aromatic hydroxyl groups is 1. The highest BCUT2D eigenvalue weighted by Crippen LogP contribution is 2.62. The molecule has 3 saturated carbocycles. The normalized spacial score (nSPS) is 43.3. The number of phenolic OH excluding ortho intramolecular Hbond substituents is 1. The van der Waals surface area contributed by atoms with Gasteiger partial charge in [0.05, 0.1) is 24.9 Å². The van der Waals surface area contributed by atoms with Gasteiger partial charge in [0.1, 0.15) is 17.6 Å². The summed E-state index contributed by atoms with van der Waals surface area (Å²) in [6, 6.07) is 12.4. The summed E-state index contributed by atoms with van der Waals surface area (Å²) in [5.74, 6) is 3.86. The predicted molar refractivity (Wildman–Crippen MR) is 205 cm³/mol. The molecule has 0 amide bonds. The van der Waals surface area contributed by atoms with Crippen molar-refractivity contribution in [2.75, 3.05) is 13.2 Å². The Morgan fingerprint density at radius 2 is 1.31 bits per heavy atom. The number of allylic oxidation sites excluding steroid dienone is 1. The van der Waals surface area contributed by atoms with Crippen molar-refractivity contribution >= 4 is 0 Å². The van der Waals surface area contributed by atoms with Crippen molar-refractivity contribution in [3.63, 3.8) is 0 Å². The number of aryl methyl sites for hydroxylation is 2. The Morgan fingerprint density at radius 1 is 0.667 bits per heavy atom. The summed E-state index contributed by atoms with van der Waals surface area (Å²) in [5, 5.41) is 40.7. The van der Waals surface area contributed by atoms with E-state index in [0.717, 1.165) is 70.3 Å². The molecule has 2 aromatic carbocycles. The number of rotatable bonds is 4. The van der Waals surface area contributed by atoms with Crippen LogP contribution in [0.2, 0.25) is 0 Å². The van der Waals surface area contributed by atoms with Gasteiger partial charge in [0.15, 0.2) is 12.6 Å². The fraction of sp³-hybridized carbons (Fsp3) is 0.696. The maximum absolute atomic E-state index is 10.5. The van der Waals surface area contributed by atoms with Crippen LogP contribution in [-0.4, -0.2) is 70.6 Å². The van der Waals surface area contributed by atoms with E-state index < -0.39 is 23.7 Å². The summed E-state index contributed by atoms with van der Waals surface area (Å²) < 4.78 is 24.4. The fourth-order valence-corrected chi connectivity index (χ4v) is 12.8. The van der Waals surface area contributed by atoms with Crippen LogP contribution in [0.5, 0.6) is 11.5 Å². The molecular weight excluding hydrogens is 680 g/mol. The van der Waals surface area contributed by atoms with Crippen LogP contribution in [0.3, 0.4) is 0 Å². The van der Waals surface area contributed by atoms with Crippen molar-refractivity contribution in [2.24, 2.45) is 34.5 Å². The number of fused-ring (bicyclic) bond motifs is 10. The molecule has 54 heavy (non-hydrogen) atoms. The lowest BCUT2D eigenvalue weighted by Gasteiger charge is -2.51. The Morgan fingerprint density at radius 3 is 2.04 bits per heavy atom. The molecule has 10 rings (SSSR count). The molecule has 4 N–H and O–H groups in total. The van der Waals surface area contributed by atoms with E-state index in [1.165, 1.54) is 55.2 Å². The van der Waals surface area contributed by atoms with E-state index in [4.69, 9.17) is 18.9 Å². The van der Waals surface area contributed by atoms with Crippen molar-refractivity contribution in [2.45, 2.75) is 153 Å². The zero-order chi connectivity index (χ0) is 37.2. The van der Waals surface area contributed by atoms with E-state index in [9.17, 15) is 20.4 Å². The third-order valence-electron chi connectivity index (χ3n) is 15.7. The van der Waals surface area contributed by atoms with Crippen LogP contribution in [0.1, 0.15) is 125 Å². The highest BCUT2D eigenvalue weighted by Gasteiger charge is 2.62. The fourth-order valence-electron chi connectivity index (χ4n) is 12.8. The average Bonchev–Trinajstić information content (AvgIpc) is 3.61. The molecule has 0 aromatic heterocycles. The lowest BCUT2D eigenvalue weighted by atomic mass is 9.55. The first kappa shape index (κ1) is 37.1. The van der Waals surface area contributed by atoms with Crippen molar-refractivity contribution in [3.05, 3.63) is 70.8 Å². The molecule has 14 atom stereocenters. The number of benzene rings is 2. The summed E-state index contributed by atoms with van der Waals surface area (Å²) in [6.07, 6.45) is 17.5. The number of aliphatic hydroxyl groups excluding tert-OH is 3. The van der Waals surface area contributed by atoms with Crippen LogP contribution in [0.4, 0.5) is 0 Å². The quantitative estimate of drug-likeness (QED) is 0.236. The largest absolute Gasteiger partial charge is 0.508 e. The molecule has 2 aliphatic heterocycles. The van der Waals surface area contributed by atoms with Gasteiger partial charge in [0, 0.05) is 23.9 Å². The molecular formula is C46H62O8. The van der Waals surface area contributed by atoms with Crippen LogP contribution < -0.4 is 4.74 Å². The minimum absolute atomic E-state index is 0.00894. The molecule has 8 nitrogen and oxygen atoms in total. The number of ether oxygens (including phenoxy) is 4. The van der Waals surface area contributed by atoms with Crippen LogP contribution in [0.15, 0.2) is 48.6 Å². The zero-order valence-electron chi connectivity index (χ0n) is 32.3. The molecule has 8 aliphatic rings. The Labute approximate surface area is 321 Å². The lowest BCUT2D eigenvalue weighted by molar-refractivity contribution is -0.205. The SMILES string of the molecule is C[C@]12CCC3c4ccc(O)cc4CCC3C1C(O)C(O)[C@@H]2O.C[C@]12CCC3c4ccc(OC5CCCCO5)cc4CCC3C1C=C[C@@H]2OC1CCCCO1. The van der Waals surface area contributed by atoms with Gasteiger partial charge in [-0.1, -0.05) is 38.1 Å². The summed E-state index contributed by atoms with van der Waals surface area (Å²) in [4.78, 5) is 0. The Balaban J connectivity index is 0.000000153. The van der Waals surface area contributed by atoms with Crippen LogP contribution in [0.25, 0.3) is 0 Å². The van der Waals surface area contributed by atoms with Gasteiger partial charge >= 0.3 is 0 Å². The first-order valence-electron chi connectivity index (χ1n) is 21.4. The highest BCUT2D eigenvalue weighted by atomic mass is 16.7. The van der Waals surface area contributed by atoms with Gasteiger partial charge in [-0.2, -0.15) is 0 Å². The van der Waals surface area contributed by atoms with E-state index in [1.54, 1.807) is 11.6 Å². The molecule has 2 heterocycles. The van der Waals surface area contributed by atoms with Crippen LogP contribution >= 0.6 is 0 Å². The topological polar surface area (TPSA) is 118 Å². The third kappa shape index (κ3) is 6.45. The monoisotopic (exact) mass is 742 g/mol. The zero-order valence-corrected chi connectivity index (χ0v) is 32.3. The van der Waals surface area contributed by atoms with Gasteiger partial charge in [0.2, 0.25) is 0 Å². The second kappa shape index (κ2) is 14.8. The van der Waals surface area contributed by atoms with E-state index >= 15 is 0 Å². The van der Waals surface area contributed by atoms with Gasteiger partial charge in [-0.3, -0.25) is 0 Å². The predicted octanol–water partition coefficient (Wildman–Crippen LogP) is 7.69. The molecule has 6 aliphatic carbocycles. The number of aliphatic hydroxyl groups is 3. The minimum Gasteiger partial charge on any atom is -0.508 e. The van der Waals surface area contributed by atoms with E-state index in [2.05, 4.69) is 37.3 Å². The Hall–Kier alpha value is -2.46. The molecule has 2 aromatic rings. The molecule has 2 saturated heterocycles. The average molecular weight is 743 g/mol. The molecule has 0 bridgehead atoms. The van der Waals surface area contributed by atoms with Gasteiger partial charge in [-0.15, -0.1) is 0 Å². The summed E-state index contributed by atoms with van der Waals surface area (Å²) in [6.45, 7) is 6.16. The van der Waals surface area contributed by atoms with Crippen LogP contribution in [0, 0.1) is 34.5 Å². The second-order valence-electron chi connectivity index (χ2n) is 18.6. The van der Waals surface area contributed by atoms with Crippen molar-refractivity contribution < 1.29 is 39.4 Å². The van der Waals surface area contributed by atoms with E-state index in [0.29, 0.717) is 29.4 Å². The van der Waals surface area contributed by atoms with E-state index in [1.807, 2.05) is 19.1 Å². The summed E-state index contributed by atoms with van der Waals surface area (Å²) in [7, 11) is 0. The number of phenols is 1. The second-order valence-corrected chi connectivity index (χ2v) is 18.6. The highest BCUT2D eigenvalue weighted by molar-refractivity contribution is 5.42. The third-order valence-corrected chi connectivity index (χ3v) is 15.7. The summed E-state index contributed by atoms with van der Waals surface area (Å²) in [5.41, 5.74) is 5.36. The first-order valence-corrected chi connectivity index (χ1v) is 21.4. The van der Waals surface area contributed by atoms with Gasteiger partial charge in [0.25, 0.3) is 0 Å². The lowest BCUT2D eigenvalue weighted by Crippen LogP contribution is -2.46. The number of hydrogen-bond donors (Lipinski definition) is 4. The maximum atomic E-state index is 10.5. The number of hydrogen-bond acceptors (Lipinski definition) is 8. The molecule has 294 valence electrons. The Bertz CT molecular complexity index is 1680. The van der Waals surface area contributed by atoms with Crippen molar-refractivity contribution in [1.29, 1.82) is 0 Å². The van der Waals surface area contributed by atoms with Crippen molar-refractivity contribution in [3.8, 4) is 11.5 Å². The minimum atomic E-state index is -1.03. The summed E-state index contributed by atoms with van der Waals surface area (Å²) >= 11 is 0. The smallest absolute Gasteiger partial charge is 0.199 e. The van der Waals surface area contributed by atoms with Gasteiger partial charge in [-0.05, 0) is 165 Å². The van der Waals surface area contributed by atoms with Crippen LogP contribution in [-0.2, 0) is 27.1 Å². The van der Waals surface area contributed by atoms with E-state index in [-0.39, 0.29) is 35.9 Å². The molecule has 0 spiro atoms. The molecule has 0 radical (unpaired) electrons. The molecule has 8 heteroatoms. The molecule has 5 fully saturated rings.